The second-order valence-electron chi connectivity index (χ2n) is 14.4. The van der Waals surface area contributed by atoms with Crippen molar-refractivity contribution in [2.24, 2.45) is 0 Å². The summed E-state index contributed by atoms with van der Waals surface area (Å²) in [7, 11) is 0. The van der Waals surface area contributed by atoms with E-state index in [1.807, 2.05) is 0 Å². The standard InChI is InChI=1S/C49H82O5/c1-3-5-7-9-11-13-15-17-18-19-20-21-22-23-24-25-26-27-28-29-30-32-34-36-38-40-42-44-49(52)54-47(45-50)46-53-48(51)43-41-39-37-35-33-31-16-14-12-10-8-6-4-2/h5,7,11,13-14,16-18,20-21,23-24,26-27,47,50H,3-4,6,8-10,12,15,19,22,25,28-46H2,1-2H3/b7-5-,13-11-,16-14-,18-17-,21-20-,24-23-,27-26-. The molecule has 0 aromatic rings. The van der Waals surface area contributed by atoms with E-state index >= 15 is 0 Å². The number of unbranched alkanes of at least 4 members (excludes halogenated alkanes) is 17. The van der Waals surface area contributed by atoms with Crippen molar-refractivity contribution in [2.45, 2.75) is 200 Å². The second kappa shape index (κ2) is 44.5. The lowest BCUT2D eigenvalue weighted by Crippen LogP contribution is -2.28. The number of hydrogen-bond acceptors (Lipinski definition) is 5. The molecule has 0 radical (unpaired) electrons. The summed E-state index contributed by atoms with van der Waals surface area (Å²) in [5.41, 5.74) is 0. The van der Waals surface area contributed by atoms with E-state index in [4.69, 9.17) is 9.47 Å². The lowest BCUT2D eigenvalue weighted by atomic mass is 10.1. The average molecular weight is 751 g/mol. The van der Waals surface area contributed by atoms with E-state index < -0.39 is 6.10 Å². The zero-order chi connectivity index (χ0) is 39.3. The van der Waals surface area contributed by atoms with Crippen LogP contribution < -0.4 is 0 Å². The maximum Gasteiger partial charge on any atom is 0.306 e. The molecule has 5 nitrogen and oxygen atoms in total. The fraction of sp³-hybridized carbons (Fsp3) is 0.673. The van der Waals surface area contributed by atoms with Gasteiger partial charge in [-0.25, -0.2) is 0 Å². The van der Waals surface area contributed by atoms with Gasteiger partial charge in [0.25, 0.3) is 0 Å². The quantitative estimate of drug-likeness (QED) is 0.0385. The fourth-order valence-electron chi connectivity index (χ4n) is 5.85. The molecule has 1 atom stereocenters. The van der Waals surface area contributed by atoms with Gasteiger partial charge in [-0.2, -0.15) is 0 Å². The van der Waals surface area contributed by atoms with Crippen molar-refractivity contribution in [3.8, 4) is 0 Å². The van der Waals surface area contributed by atoms with E-state index in [-0.39, 0.29) is 25.2 Å². The zero-order valence-electron chi connectivity index (χ0n) is 35.0. The lowest BCUT2D eigenvalue weighted by Gasteiger charge is -2.15. The Kier molecular flexibility index (Phi) is 42.1. The number of carbonyl (C=O) groups excluding carboxylic acids is 2. The van der Waals surface area contributed by atoms with E-state index in [0.717, 1.165) is 89.9 Å². The summed E-state index contributed by atoms with van der Waals surface area (Å²) in [4.78, 5) is 24.3. The summed E-state index contributed by atoms with van der Waals surface area (Å²) < 4.78 is 10.6. The van der Waals surface area contributed by atoms with Gasteiger partial charge in [0, 0.05) is 12.8 Å². The van der Waals surface area contributed by atoms with Crippen LogP contribution in [0.2, 0.25) is 0 Å². The molecule has 0 spiro atoms. The predicted octanol–water partition coefficient (Wildman–Crippen LogP) is 14.3. The van der Waals surface area contributed by atoms with Gasteiger partial charge in [-0.05, 0) is 89.9 Å². The number of aliphatic hydroxyl groups excluding tert-OH is 1. The van der Waals surface area contributed by atoms with Gasteiger partial charge in [-0.15, -0.1) is 0 Å². The molecule has 0 fully saturated rings. The normalized spacial score (nSPS) is 13.0. The van der Waals surface area contributed by atoms with E-state index in [0.29, 0.717) is 12.8 Å². The minimum absolute atomic E-state index is 0.0774. The first-order valence-electron chi connectivity index (χ1n) is 22.1. The first kappa shape index (κ1) is 51.1. The highest BCUT2D eigenvalue weighted by Gasteiger charge is 2.16. The van der Waals surface area contributed by atoms with Crippen LogP contribution in [-0.2, 0) is 19.1 Å². The minimum atomic E-state index is -0.783. The summed E-state index contributed by atoms with van der Waals surface area (Å²) in [6.45, 7) is 3.98. The number of carbonyl (C=O) groups is 2. The molecule has 0 aliphatic heterocycles. The molecule has 0 aromatic carbocycles. The van der Waals surface area contributed by atoms with Crippen molar-refractivity contribution < 1.29 is 24.2 Å². The molecule has 0 saturated heterocycles. The molecule has 1 unspecified atom stereocenters. The topological polar surface area (TPSA) is 72.8 Å². The van der Waals surface area contributed by atoms with Crippen molar-refractivity contribution in [3.63, 3.8) is 0 Å². The third-order valence-electron chi connectivity index (χ3n) is 9.17. The van der Waals surface area contributed by atoms with Crippen molar-refractivity contribution in [1.82, 2.24) is 0 Å². The average Bonchev–Trinajstić information content (AvgIpc) is 3.17. The van der Waals surface area contributed by atoms with E-state index in [2.05, 4.69) is 98.9 Å². The SMILES string of the molecule is CC/C=C\C/C=C\C/C=C\C/C=C\C/C=C\C/C=C\CCCCCCCCCCC(=O)OC(CO)COC(=O)CCCCCCC/C=C\CCCCCC. The summed E-state index contributed by atoms with van der Waals surface area (Å²) in [6, 6.07) is 0. The highest BCUT2D eigenvalue weighted by atomic mass is 16.6. The van der Waals surface area contributed by atoms with Gasteiger partial charge in [0.1, 0.15) is 6.61 Å². The third kappa shape index (κ3) is 41.8. The van der Waals surface area contributed by atoms with Crippen LogP contribution in [0.25, 0.3) is 0 Å². The first-order valence-corrected chi connectivity index (χ1v) is 22.1. The molecule has 0 saturated carbocycles. The van der Waals surface area contributed by atoms with Crippen molar-refractivity contribution in [2.75, 3.05) is 13.2 Å². The maximum absolute atomic E-state index is 12.2. The molecule has 5 heteroatoms. The lowest BCUT2D eigenvalue weighted by molar-refractivity contribution is -0.161. The Balaban J connectivity index is 3.60. The van der Waals surface area contributed by atoms with Crippen LogP contribution in [0.3, 0.4) is 0 Å². The third-order valence-corrected chi connectivity index (χ3v) is 9.17. The van der Waals surface area contributed by atoms with Gasteiger partial charge in [-0.3, -0.25) is 9.59 Å². The molecule has 0 heterocycles. The zero-order valence-corrected chi connectivity index (χ0v) is 35.0. The number of allylic oxidation sites excluding steroid dienone is 14. The van der Waals surface area contributed by atoms with Gasteiger partial charge in [0.15, 0.2) is 6.10 Å². The Morgan fingerprint density at radius 1 is 0.444 bits per heavy atom. The Hall–Kier alpha value is -2.92. The molecule has 0 amide bonds. The molecular formula is C49H82O5. The van der Waals surface area contributed by atoms with Crippen LogP contribution in [-0.4, -0.2) is 36.4 Å². The van der Waals surface area contributed by atoms with Crippen LogP contribution in [0.1, 0.15) is 194 Å². The largest absolute Gasteiger partial charge is 0.462 e. The monoisotopic (exact) mass is 751 g/mol. The van der Waals surface area contributed by atoms with Crippen LogP contribution in [0.5, 0.6) is 0 Å². The summed E-state index contributed by atoms with van der Waals surface area (Å²) in [5.74, 6) is -0.616. The smallest absolute Gasteiger partial charge is 0.306 e. The molecule has 0 aliphatic rings. The summed E-state index contributed by atoms with van der Waals surface area (Å²) in [6.07, 6.45) is 60.8. The molecule has 0 bridgehead atoms. The number of aliphatic hydroxyl groups is 1. The number of ether oxygens (including phenoxy) is 2. The van der Waals surface area contributed by atoms with Crippen LogP contribution in [0, 0.1) is 0 Å². The molecule has 308 valence electrons. The molecule has 1 N–H and O–H groups in total. The van der Waals surface area contributed by atoms with E-state index in [1.165, 1.54) is 77.0 Å². The molecule has 54 heavy (non-hydrogen) atoms. The number of hydrogen-bond donors (Lipinski definition) is 1. The minimum Gasteiger partial charge on any atom is -0.462 e. The van der Waals surface area contributed by atoms with Gasteiger partial charge in [0.05, 0.1) is 6.61 Å². The van der Waals surface area contributed by atoms with Gasteiger partial charge < -0.3 is 14.6 Å². The van der Waals surface area contributed by atoms with Crippen LogP contribution >= 0.6 is 0 Å². The second-order valence-corrected chi connectivity index (χ2v) is 14.4. The van der Waals surface area contributed by atoms with Crippen molar-refractivity contribution in [1.29, 1.82) is 0 Å². The summed E-state index contributed by atoms with van der Waals surface area (Å²) in [5, 5.41) is 9.58. The molecule has 0 rings (SSSR count). The van der Waals surface area contributed by atoms with Crippen molar-refractivity contribution >= 4 is 11.9 Å². The van der Waals surface area contributed by atoms with Gasteiger partial charge in [-0.1, -0.05) is 176 Å². The first-order chi connectivity index (χ1) is 26.6. The van der Waals surface area contributed by atoms with Crippen molar-refractivity contribution in [3.05, 3.63) is 85.1 Å². The molecule has 0 aliphatic carbocycles. The van der Waals surface area contributed by atoms with E-state index in [9.17, 15) is 14.7 Å². The summed E-state index contributed by atoms with van der Waals surface area (Å²) >= 11 is 0. The Morgan fingerprint density at radius 3 is 1.22 bits per heavy atom. The number of rotatable bonds is 39. The highest BCUT2D eigenvalue weighted by Crippen LogP contribution is 2.13. The Bertz CT molecular complexity index is 1030. The highest BCUT2D eigenvalue weighted by molar-refractivity contribution is 5.70. The molecular weight excluding hydrogens is 669 g/mol. The Morgan fingerprint density at radius 2 is 0.796 bits per heavy atom. The van der Waals surface area contributed by atoms with Crippen LogP contribution in [0.15, 0.2) is 85.1 Å². The fourth-order valence-corrected chi connectivity index (χ4v) is 5.85. The number of esters is 2. The van der Waals surface area contributed by atoms with Gasteiger partial charge in [0.2, 0.25) is 0 Å². The van der Waals surface area contributed by atoms with Gasteiger partial charge >= 0.3 is 11.9 Å². The van der Waals surface area contributed by atoms with Crippen LogP contribution in [0.4, 0.5) is 0 Å². The maximum atomic E-state index is 12.2. The Labute approximate surface area is 333 Å². The molecule has 0 aromatic heterocycles. The van der Waals surface area contributed by atoms with E-state index in [1.54, 1.807) is 0 Å². The predicted molar refractivity (Wildman–Crippen MR) is 233 cm³/mol.